The summed E-state index contributed by atoms with van der Waals surface area (Å²) in [6.45, 7) is 2.62. The number of nitrogens with one attached hydrogen (secondary N) is 1. The zero-order chi connectivity index (χ0) is 14.0. The van der Waals surface area contributed by atoms with Crippen LogP contribution < -0.4 is 15.0 Å². The van der Waals surface area contributed by atoms with Crippen LogP contribution in [0.5, 0.6) is 5.75 Å². The fourth-order valence-electron chi connectivity index (χ4n) is 2.91. The van der Waals surface area contributed by atoms with Gasteiger partial charge in [0.2, 0.25) is 0 Å². The lowest BCUT2D eigenvalue weighted by Gasteiger charge is -2.44. The number of hydrogen-bond donors (Lipinski definition) is 1. The van der Waals surface area contributed by atoms with Crippen LogP contribution in [0, 0.1) is 0 Å². The van der Waals surface area contributed by atoms with Crippen LogP contribution in [0.2, 0.25) is 0 Å². The molecule has 2 aliphatic rings. The minimum atomic E-state index is -0.230. The van der Waals surface area contributed by atoms with Crippen LogP contribution in [0.15, 0.2) is 24.3 Å². The zero-order valence-corrected chi connectivity index (χ0v) is 11.7. The molecule has 3 rings (SSSR count). The number of hydrogen-bond acceptors (Lipinski definition) is 4. The number of carbonyl (C=O) groups is 1. The third kappa shape index (κ3) is 2.51. The van der Waals surface area contributed by atoms with Crippen molar-refractivity contribution in [2.45, 2.75) is 18.4 Å². The summed E-state index contributed by atoms with van der Waals surface area (Å²) >= 11 is 0. The summed E-state index contributed by atoms with van der Waals surface area (Å²) in [6.07, 6.45) is 2.09. The summed E-state index contributed by atoms with van der Waals surface area (Å²) in [7, 11) is 1.64. The maximum atomic E-state index is 12.1. The van der Waals surface area contributed by atoms with Gasteiger partial charge >= 0.3 is 0 Å². The van der Waals surface area contributed by atoms with E-state index in [2.05, 4.69) is 5.32 Å². The number of nitrogens with zero attached hydrogens (tertiary/aromatic N) is 1. The maximum absolute atomic E-state index is 12.1. The molecule has 108 valence electrons. The van der Waals surface area contributed by atoms with Crippen LogP contribution >= 0.6 is 0 Å². The van der Waals surface area contributed by atoms with Crippen molar-refractivity contribution in [2.75, 3.05) is 38.3 Å². The monoisotopic (exact) mass is 276 g/mol. The summed E-state index contributed by atoms with van der Waals surface area (Å²) in [5.41, 5.74) is 0.676. The van der Waals surface area contributed by atoms with E-state index in [1.54, 1.807) is 7.11 Å². The highest BCUT2D eigenvalue weighted by Crippen LogP contribution is 2.30. The van der Waals surface area contributed by atoms with Crippen LogP contribution in [0.3, 0.4) is 0 Å². The summed E-state index contributed by atoms with van der Waals surface area (Å²) in [4.78, 5) is 14.0. The number of rotatable bonds is 2. The molecule has 0 aromatic heterocycles. The third-order valence-corrected chi connectivity index (χ3v) is 4.07. The molecule has 1 N–H and O–H groups in total. The van der Waals surface area contributed by atoms with Crippen molar-refractivity contribution in [1.82, 2.24) is 5.32 Å². The van der Waals surface area contributed by atoms with E-state index >= 15 is 0 Å². The quantitative estimate of drug-likeness (QED) is 0.881. The molecule has 5 heteroatoms. The molecule has 1 aromatic rings. The first kappa shape index (κ1) is 13.4. The molecule has 1 spiro atoms. The van der Waals surface area contributed by atoms with E-state index in [0.29, 0.717) is 6.54 Å². The summed E-state index contributed by atoms with van der Waals surface area (Å²) in [5, 5.41) is 3.37. The van der Waals surface area contributed by atoms with Crippen molar-refractivity contribution in [2.24, 2.45) is 0 Å². The topological polar surface area (TPSA) is 50.8 Å². The molecule has 20 heavy (non-hydrogen) atoms. The number of anilines is 1. The van der Waals surface area contributed by atoms with Crippen molar-refractivity contribution in [1.29, 1.82) is 0 Å². The minimum Gasteiger partial charge on any atom is -0.497 e. The molecular weight excluding hydrogens is 256 g/mol. The molecule has 0 bridgehead atoms. The molecule has 2 saturated heterocycles. The van der Waals surface area contributed by atoms with Crippen LogP contribution in [0.1, 0.15) is 12.8 Å². The van der Waals surface area contributed by atoms with Crippen LogP contribution in [-0.2, 0) is 9.53 Å². The van der Waals surface area contributed by atoms with Crippen molar-refractivity contribution in [3.05, 3.63) is 24.3 Å². The second-order valence-corrected chi connectivity index (χ2v) is 5.43. The first-order chi connectivity index (χ1) is 9.72. The summed E-state index contributed by atoms with van der Waals surface area (Å²) in [5.74, 6) is 0.815. The molecule has 1 aromatic carbocycles. The Morgan fingerprint density at radius 2 is 2.15 bits per heavy atom. The Labute approximate surface area is 118 Å². The predicted octanol–water partition coefficient (Wildman–Crippen LogP) is 1.18. The van der Waals surface area contributed by atoms with Crippen LogP contribution in [0.25, 0.3) is 0 Å². The lowest BCUT2D eigenvalue weighted by atomic mass is 9.91. The largest absolute Gasteiger partial charge is 0.497 e. The van der Waals surface area contributed by atoms with Gasteiger partial charge in [0.05, 0.1) is 19.3 Å². The first-order valence-corrected chi connectivity index (χ1v) is 7.02. The Kier molecular flexibility index (Phi) is 3.63. The highest BCUT2D eigenvalue weighted by molar-refractivity contribution is 5.95. The number of morpholine rings is 1. The fraction of sp³-hybridized carbons (Fsp3) is 0.533. The standard InChI is InChI=1S/C15H20N2O3/c1-19-13-5-3-12(4-6-13)17-11-15(20-9-14(17)18)7-2-8-16-10-15/h3-6,16H,2,7-11H2,1H3. The Balaban J connectivity index is 1.80. The van der Waals surface area contributed by atoms with Crippen molar-refractivity contribution >= 4 is 11.6 Å². The van der Waals surface area contributed by atoms with Gasteiger partial charge in [-0.3, -0.25) is 4.79 Å². The van der Waals surface area contributed by atoms with Crippen LogP contribution in [0.4, 0.5) is 5.69 Å². The van der Waals surface area contributed by atoms with Gasteiger partial charge in [0, 0.05) is 12.2 Å². The van der Waals surface area contributed by atoms with E-state index in [4.69, 9.17) is 9.47 Å². The van der Waals surface area contributed by atoms with Crippen molar-refractivity contribution < 1.29 is 14.3 Å². The molecule has 2 heterocycles. The molecule has 5 nitrogen and oxygen atoms in total. The normalized spacial score (nSPS) is 26.9. The zero-order valence-electron chi connectivity index (χ0n) is 11.7. The SMILES string of the molecule is COc1ccc(N2CC3(CCCNC3)OCC2=O)cc1. The molecule has 0 radical (unpaired) electrons. The van der Waals surface area contributed by atoms with Gasteiger partial charge in [0.1, 0.15) is 12.4 Å². The number of benzene rings is 1. The van der Waals surface area contributed by atoms with Gasteiger partial charge in [-0.2, -0.15) is 0 Å². The maximum Gasteiger partial charge on any atom is 0.253 e. The highest BCUT2D eigenvalue weighted by Gasteiger charge is 2.41. The second kappa shape index (κ2) is 5.42. The van der Waals surface area contributed by atoms with Gasteiger partial charge in [-0.05, 0) is 43.7 Å². The summed E-state index contributed by atoms with van der Waals surface area (Å²) in [6, 6.07) is 7.60. The number of ether oxygens (including phenoxy) is 2. The first-order valence-electron chi connectivity index (χ1n) is 7.02. The van der Waals surface area contributed by atoms with E-state index in [1.807, 2.05) is 29.2 Å². The molecule has 1 atom stereocenters. The third-order valence-electron chi connectivity index (χ3n) is 4.07. The van der Waals surface area contributed by atoms with E-state index in [-0.39, 0.29) is 18.1 Å². The molecule has 0 saturated carbocycles. The highest BCUT2D eigenvalue weighted by atomic mass is 16.5. The van der Waals surface area contributed by atoms with Gasteiger partial charge < -0.3 is 19.7 Å². The van der Waals surface area contributed by atoms with E-state index in [9.17, 15) is 4.79 Å². The van der Waals surface area contributed by atoms with E-state index < -0.39 is 0 Å². The second-order valence-electron chi connectivity index (χ2n) is 5.43. The summed E-state index contributed by atoms with van der Waals surface area (Å²) < 4.78 is 11.0. The van der Waals surface area contributed by atoms with E-state index in [0.717, 1.165) is 37.4 Å². The lowest BCUT2D eigenvalue weighted by Crippen LogP contribution is -2.60. The minimum absolute atomic E-state index is 0.0198. The molecule has 1 unspecified atom stereocenters. The Morgan fingerprint density at radius 1 is 1.35 bits per heavy atom. The fourth-order valence-corrected chi connectivity index (χ4v) is 2.91. The predicted molar refractivity (Wildman–Crippen MR) is 76.1 cm³/mol. The van der Waals surface area contributed by atoms with Gasteiger partial charge in [-0.1, -0.05) is 0 Å². The van der Waals surface area contributed by atoms with Gasteiger partial charge in [-0.15, -0.1) is 0 Å². The van der Waals surface area contributed by atoms with E-state index in [1.165, 1.54) is 0 Å². The van der Waals surface area contributed by atoms with Crippen molar-refractivity contribution in [3.63, 3.8) is 0 Å². The average molecular weight is 276 g/mol. The number of piperidine rings is 1. The molecule has 2 aliphatic heterocycles. The Bertz CT molecular complexity index is 480. The smallest absolute Gasteiger partial charge is 0.253 e. The Morgan fingerprint density at radius 3 is 2.80 bits per heavy atom. The average Bonchev–Trinajstić information content (AvgIpc) is 2.51. The van der Waals surface area contributed by atoms with Gasteiger partial charge in [-0.25, -0.2) is 0 Å². The van der Waals surface area contributed by atoms with Gasteiger partial charge in [0.15, 0.2) is 0 Å². The van der Waals surface area contributed by atoms with Gasteiger partial charge in [0.25, 0.3) is 5.91 Å². The molecule has 0 aliphatic carbocycles. The van der Waals surface area contributed by atoms with Crippen LogP contribution in [-0.4, -0.2) is 44.9 Å². The Hall–Kier alpha value is -1.59. The lowest BCUT2D eigenvalue weighted by molar-refractivity contribution is -0.140. The molecule has 2 fully saturated rings. The molecule has 1 amide bonds. The molecular formula is C15H20N2O3. The van der Waals surface area contributed by atoms with Crippen molar-refractivity contribution in [3.8, 4) is 5.75 Å². The number of amides is 1. The number of methoxy groups -OCH3 is 1. The number of carbonyl (C=O) groups excluding carboxylic acids is 1.